The number of hydrogen-bond donors (Lipinski definition) is 1. The van der Waals surface area contributed by atoms with Gasteiger partial charge in [0.1, 0.15) is 11.6 Å². The lowest BCUT2D eigenvalue weighted by Gasteiger charge is -2.26. The molecule has 0 aliphatic carbocycles. The number of anilines is 1. The molecule has 1 aromatic carbocycles. The van der Waals surface area contributed by atoms with E-state index in [-0.39, 0.29) is 12.1 Å². The molecule has 1 unspecified atom stereocenters. The molecule has 0 fully saturated rings. The summed E-state index contributed by atoms with van der Waals surface area (Å²) in [5.41, 5.74) is 2.33. The fourth-order valence-corrected chi connectivity index (χ4v) is 2.84. The number of hydrogen-bond acceptors (Lipinski definition) is 4. The standard InChI is InChI=1S/C19H23N5O2/c1-13(12-15-8-5-6-10-17(15)26-4)23(3)19(25)21-16-9-7-11-24-18(16)20-14(2)22-24/h5-11,13H,12H2,1-4H3,(H,21,25). The molecule has 26 heavy (non-hydrogen) atoms. The Hall–Kier alpha value is -3.09. The number of amides is 2. The Morgan fingerprint density at radius 3 is 2.85 bits per heavy atom. The molecule has 2 amide bonds. The summed E-state index contributed by atoms with van der Waals surface area (Å²) in [4.78, 5) is 18.7. The van der Waals surface area contributed by atoms with E-state index in [0.717, 1.165) is 11.3 Å². The van der Waals surface area contributed by atoms with Gasteiger partial charge in [0.15, 0.2) is 5.65 Å². The number of nitrogens with one attached hydrogen (secondary N) is 1. The number of para-hydroxylation sites is 1. The molecule has 3 rings (SSSR count). The average Bonchev–Trinajstić information content (AvgIpc) is 3.02. The number of ether oxygens (including phenoxy) is 1. The van der Waals surface area contributed by atoms with Crippen LogP contribution in [0.2, 0.25) is 0 Å². The topological polar surface area (TPSA) is 71.8 Å². The fourth-order valence-electron chi connectivity index (χ4n) is 2.84. The van der Waals surface area contributed by atoms with Crippen LogP contribution in [0.15, 0.2) is 42.6 Å². The zero-order valence-electron chi connectivity index (χ0n) is 15.4. The van der Waals surface area contributed by atoms with Crippen LogP contribution in [0.5, 0.6) is 5.75 Å². The van der Waals surface area contributed by atoms with Crippen LogP contribution in [-0.2, 0) is 6.42 Å². The molecule has 1 N–H and O–H groups in total. The highest BCUT2D eigenvalue weighted by molar-refractivity contribution is 5.93. The lowest BCUT2D eigenvalue weighted by molar-refractivity contribution is 0.207. The number of aromatic nitrogens is 3. The zero-order chi connectivity index (χ0) is 18.7. The van der Waals surface area contributed by atoms with Crippen LogP contribution in [0.4, 0.5) is 10.5 Å². The number of benzene rings is 1. The van der Waals surface area contributed by atoms with E-state index >= 15 is 0 Å². The summed E-state index contributed by atoms with van der Waals surface area (Å²) in [5.74, 6) is 1.49. The summed E-state index contributed by atoms with van der Waals surface area (Å²) in [6.07, 6.45) is 2.50. The molecule has 7 nitrogen and oxygen atoms in total. The Morgan fingerprint density at radius 2 is 2.08 bits per heavy atom. The first-order valence-electron chi connectivity index (χ1n) is 8.47. The average molecular weight is 353 g/mol. The number of nitrogens with zero attached hydrogens (tertiary/aromatic N) is 4. The lowest BCUT2D eigenvalue weighted by atomic mass is 10.1. The Kier molecular flexibility index (Phi) is 5.06. The molecule has 3 aromatic rings. The quantitative estimate of drug-likeness (QED) is 0.765. The minimum atomic E-state index is -0.193. The summed E-state index contributed by atoms with van der Waals surface area (Å²) in [6, 6.07) is 11.3. The van der Waals surface area contributed by atoms with Gasteiger partial charge in [-0.15, -0.1) is 0 Å². The van der Waals surface area contributed by atoms with Crippen LogP contribution in [0.1, 0.15) is 18.3 Å². The summed E-state index contributed by atoms with van der Waals surface area (Å²) in [7, 11) is 3.44. The molecule has 7 heteroatoms. The second-order valence-electron chi connectivity index (χ2n) is 6.26. The van der Waals surface area contributed by atoms with Crippen molar-refractivity contribution >= 4 is 17.4 Å². The molecule has 0 spiro atoms. The van der Waals surface area contributed by atoms with Gasteiger partial charge in [0.25, 0.3) is 0 Å². The second kappa shape index (κ2) is 7.43. The molecular formula is C19H23N5O2. The van der Waals surface area contributed by atoms with Gasteiger partial charge >= 0.3 is 6.03 Å². The van der Waals surface area contributed by atoms with Crippen molar-refractivity contribution in [1.82, 2.24) is 19.5 Å². The summed E-state index contributed by atoms with van der Waals surface area (Å²) in [5, 5.41) is 7.19. The van der Waals surface area contributed by atoms with Crippen molar-refractivity contribution in [1.29, 1.82) is 0 Å². The normalized spacial score (nSPS) is 12.0. The Balaban J connectivity index is 1.72. The van der Waals surface area contributed by atoms with Crippen molar-refractivity contribution in [2.45, 2.75) is 26.3 Å². The van der Waals surface area contributed by atoms with Crippen molar-refractivity contribution in [3.63, 3.8) is 0 Å². The molecule has 0 bridgehead atoms. The first-order chi connectivity index (χ1) is 12.5. The molecule has 0 radical (unpaired) electrons. The second-order valence-corrected chi connectivity index (χ2v) is 6.26. The lowest BCUT2D eigenvalue weighted by Crippen LogP contribution is -2.39. The van der Waals surface area contributed by atoms with Gasteiger partial charge in [0, 0.05) is 19.3 Å². The van der Waals surface area contributed by atoms with Gasteiger partial charge in [-0.05, 0) is 44.0 Å². The summed E-state index contributed by atoms with van der Waals surface area (Å²) >= 11 is 0. The number of methoxy groups -OCH3 is 1. The van der Waals surface area contributed by atoms with Crippen LogP contribution < -0.4 is 10.1 Å². The molecule has 2 aromatic heterocycles. The molecule has 0 saturated heterocycles. The molecule has 0 aliphatic heterocycles. The SMILES string of the molecule is COc1ccccc1CC(C)N(C)C(=O)Nc1cccn2nc(C)nc12. The molecule has 0 saturated carbocycles. The number of aryl methyl sites for hydroxylation is 1. The van der Waals surface area contributed by atoms with Gasteiger partial charge in [-0.3, -0.25) is 0 Å². The third-order valence-corrected chi connectivity index (χ3v) is 4.40. The van der Waals surface area contributed by atoms with E-state index in [4.69, 9.17) is 4.74 Å². The maximum Gasteiger partial charge on any atom is 0.321 e. The van der Waals surface area contributed by atoms with E-state index in [9.17, 15) is 4.79 Å². The van der Waals surface area contributed by atoms with Gasteiger partial charge in [0.2, 0.25) is 0 Å². The van der Waals surface area contributed by atoms with E-state index in [1.807, 2.05) is 50.2 Å². The number of rotatable bonds is 5. The number of likely N-dealkylation sites (N-methyl/N-ethyl adjacent to an activating group) is 1. The monoisotopic (exact) mass is 353 g/mol. The first-order valence-corrected chi connectivity index (χ1v) is 8.47. The number of urea groups is 1. The fraction of sp³-hybridized carbons (Fsp3) is 0.316. The minimum Gasteiger partial charge on any atom is -0.496 e. The van der Waals surface area contributed by atoms with Gasteiger partial charge < -0.3 is 15.0 Å². The largest absolute Gasteiger partial charge is 0.496 e. The van der Waals surface area contributed by atoms with Gasteiger partial charge in [-0.1, -0.05) is 18.2 Å². The Labute approximate surface area is 152 Å². The van der Waals surface area contributed by atoms with Crippen molar-refractivity contribution < 1.29 is 9.53 Å². The van der Waals surface area contributed by atoms with Crippen LogP contribution in [-0.4, -0.2) is 45.7 Å². The van der Waals surface area contributed by atoms with Crippen LogP contribution in [0, 0.1) is 6.92 Å². The van der Waals surface area contributed by atoms with Crippen LogP contribution >= 0.6 is 0 Å². The van der Waals surface area contributed by atoms with Crippen molar-refractivity contribution in [3.05, 3.63) is 54.0 Å². The van der Waals surface area contributed by atoms with E-state index in [2.05, 4.69) is 15.4 Å². The zero-order valence-corrected chi connectivity index (χ0v) is 15.4. The van der Waals surface area contributed by atoms with Crippen molar-refractivity contribution in [2.24, 2.45) is 0 Å². The van der Waals surface area contributed by atoms with Crippen molar-refractivity contribution in [2.75, 3.05) is 19.5 Å². The first kappa shape index (κ1) is 17.7. The number of fused-ring (bicyclic) bond motifs is 1. The molecule has 1 atom stereocenters. The molecule has 2 heterocycles. The Morgan fingerprint density at radius 1 is 1.31 bits per heavy atom. The highest BCUT2D eigenvalue weighted by Gasteiger charge is 2.19. The third-order valence-electron chi connectivity index (χ3n) is 4.40. The highest BCUT2D eigenvalue weighted by Crippen LogP contribution is 2.21. The van der Waals surface area contributed by atoms with Crippen molar-refractivity contribution in [3.8, 4) is 5.75 Å². The number of pyridine rings is 1. The summed E-state index contributed by atoms with van der Waals surface area (Å²) < 4.78 is 7.05. The molecule has 0 aliphatic rings. The molecule has 136 valence electrons. The predicted molar refractivity (Wildman–Crippen MR) is 101 cm³/mol. The Bertz CT molecular complexity index is 921. The van der Waals surface area contributed by atoms with Gasteiger partial charge in [0.05, 0.1) is 12.8 Å². The molecular weight excluding hydrogens is 330 g/mol. The van der Waals surface area contributed by atoms with E-state index in [1.54, 1.807) is 29.8 Å². The smallest absolute Gasteiger partial charge is 0.321 e. The summed E-state index contributed by atoms with van der Waals surface area (Å²) in [6.45, 7) is 3.83. The minimum absolute atomic E-state index is 0.00867. The number of carbonyl (C=O) groups excluding carboxylic acids is 1. The highest BCUT2D eigenvalue weighted by atomic mass is 16.5. The van der Waals surface area contributed by atoms with E-state index in [0.29, 0.717) is 23.6 Å². The number of carbonyl (C=O) groups is 1. The maximum atomic E-state index is 12.7. The van der Waals surface area contributed by atoms with Gasteiger partial charge in [-0.25, -0.2) is 14.3 Å². The third kappa shape index (κ3) is 3.61. The van der Waals surface area contributed by atoms with E-state index in [1.165, 1.54) is 0 Å². The van der Waals surface area contributed by atoms with Crippen LogP contribution in [0.3, 0.4) is 0 Å². The predicted octanol–water partition coefficient (Wildman–Crippen LogP) is 3.14. The van der Waals surface area contributed by atoms with Crippen LogP contribution in [0.25, 0.3) is 5.65 Å². The van der Waals surface area contributed by atoms with Gasteiger partial charge in [-0.2, -0.15) is 5.10 Å². The maximum absolute atomic E-state index is 12.7. The van der Waals surface area contributed by atoms with E-state index < -0.39 is 0 Å².